The van der Waals surface area contributed by atoms with E-state index < -0.39 is 9.84 Å². The number of carbonyl (C=O) groups is 1. The zero-order valence-electron chi connectivity index (χ0n) is 18.8. The molecule has 6 nitrogen and oxygen atoms in total. The number of para-hydroxylation sites is 1. The molecule has 32 heavy (non-hydrogen) atoms. The van der Waals surface area contributed by atoms with Crippen molar-refractivity contribution in [3.63, 3.8) is 0 Å². The number of amides is 1. The molecule has 2 saturated heterocycles. The molecule has 1 aliphatic carbocycles. The van der Waals surface area contributed by atoms with E-state index in [-0.39, 0.29) is 35.5 Å². The highest BCUT2D eigenvalue weighted by atomic mass is 32.2. The van der Waals surface area contributed by atoms with Crippen LogP contribution in [0.5, 0.6) is 0 Å². The van der Waals surface area contributed by atoms with Crippen molar-refractivity contribution in [1.82, 2.24) is 14.8 Å². The summed E-state index contributed by atoms with van der Waals surface area (Å²) in [6.07, 6.45) is 9.41. The Kier molecular flexibility index (Phi) is 6.30. The Bertz CT molecular complexity index is 1020. The van der Waals surface area contributed by atoms with Crippen molar-refractivity contribution in [3.8, 4) is 0 Å². The predicted molar refractivity (Wildman–Crippen MR) is 127 cm³/mol. The molecule has 0 spiro atoms. The van der Waals surface area contributed by atoms with Gasteiger partial charge in [-0.05, 0) is 56.2 Å². The molecule has 5 rings (SSSR count). The maximum atomic E-state index is 13.7. The maximum Gasteiger partial charge on any atom is 0.237 e. The number of piperidine rings is 1. The lowest BCUT2D eigenvalue weighted by Gasteiger charge is -2.41. The summed E-state index contributed by atoms with van der Waals surface area (Å²) < 4.78 is 24.4. The van der Waals surface area contributed by atoms with Crippen LogP contribution in [0.25, 0.3) is 10.9 Å². The highest BCUT2D eigenvalue weighted by Gasteiger charge is 2.39. The summed E-state index contributed by atoms with van der Waals surface area (Å²) >= 11 is 0. The number of likely N-dealkylation sites (tertiary alicyclic amines) is 1. The van der Waals surface area contributed by atoms with Crippen LogP contribution in [-0.2, 0) is 14.6 Å². The van der Waals surface area contributed by atoms with Gasteiger partial charge in [0.2, 0.25) is 5.91 Å². The number of sulfone groups is 1. The van der Waals surface area contributed by atoms with Crippen molar-refractivity contribution < 1.29 is 13.2 Å². The lowest BCUT2D eigenvalue weighted by atomic mass is 9.92. The Morgan fingerprint density at radius 1 is 1.00 bits per heavy atom. The van der Waals surface area contributed by atoms with Crippen molar-refractivity contribution in [2.24, 2.45) is 0 Å². The molecule has 3 aliphatic rings. The number of H-pyrrole nitrogens is 1. The monoisotopic (exact) mass is 457 g/mol. The van der Waals surface area contributed by atoms with E-state index in [2.05, 4.69) is 34.1 Å². The van der Waals surface area contributed by atoms with Gasteiger partial charge in [0.15, 0.2) is 9.84 Å². The summed E-state index contributed by atoms with van der Waals surface area (Å²) in [5, 5.41) is 1.21. The number of hydrogen-bond acceptors (Lipinski definition) is 4. The molecule has 3 fully saturated rings. The van der Waals surface area contributed by atoms with Gasteiger partial charge < -0.3 is 9.88 Å². The molecule has 1 saturated carbocycles. The molecule has 2 aliphatic heterocycles. The van der Waals surface area contributed by atoms with Crippen LogP contribution in [0, 0.1) is 0 Å². The SMILES string of the molecule is O=C(CN1CCCCC1c1cc2ccccc2[nH]1)N(C1CCCCC1)C1CCS(=O)(=O)C1. The second-order valence-corrected chi connectivity index (χ2v) is 12.2. The smallest absolute Gasteiger partial charge is 0.237 e. The number of aromatic nitrogens is 1. The fourth-order valence-corrected chi connectivity index (χ4v) is 7.83. The maximum absolute atomic E-state index is 13.7. The highest BCUT2D eigenvalue weighted by Crippen LogP contribution is 2.34. The van der Waals surface area contributed by atoms with E-state index in [4.69, 9.17) is 0 Å². The first-order chi connectivity index (χ1) is 15.5. The van der Waals surface area contributed by atoms with E-state index in [9.17, 15) is 13.2 Å². The fraction of sp³-hybridized carbons (Fsp3) is 0.640. The van der Waals surface area contributed by atoms with E-state index in [0.717, 1.165) is 57.0 Å². The average molecular weight is 458 g/mol. The number of benzene rings is 1. The molecule has 2 aromatic rings. The second-order valence-electron chi connectivity index (χ2n) is 9.94. The largest absolute Gasteiger partial charge is 0.357 e. The third kappa shape index (κ3) is 4.60. The lowest BCUT2D eigenvalue weighted by Crippen LogP contribution is -2.52. The third-order valence-corrected chi connectivity index (χ3v) is 9.47. The standard InChI is InChI=1S/C25H35N3O3S/c29-25(28(20-9-2-1-3-10-20)21-13-15-32(30,31)18-21)17-27-14-7-6-12-24(27)23-16-19-8-4-5-11-22(19)26-23/h4-5,8,11,16,20-21,24,26H,1-3,6-7,9-10,12-15,17-18H2. The Morgan fingerprint density at radius 2 is 1.78 bits per heavy atom. The van der Waals surface area contributed by atoms with E-state index in [1.54, 1.807) is 0 Å². The summed E-state index contributed by atoms with van der Waals surface area (Å²) in [5.74, 6) is 0.484. The van der Waals surface area contributed by atoms with Gasteiger partial charge in [-0.3, -0.25) is 9.69 Å². The first kappa shape index (κ1) is 22.0. The van der Waals surface area contributed by atoms with Crippen LogP contribution >= 0.6 is 0 Å². The first-order valence-corrected chi connectivity index (χ1v) is 14.2. The molecule has 1 N–H and O–H groups in total. The molecule has 3 heterocycles. The van der Waals surface area contributed by atoms with Crippen LogP contribution in [0.1, 0.15) is 69.5 Å². The van der Waals surface area contributed by atoms with Gasteiger partial charge in [-0.15, -0.1) is 0 Å². The van der Waals surface area contributed by atoms with E-state index in [0.29, 0.717) is 13.0 Å². The minimum atomic E-state index is -3.03. The van der Waals surface area contributed by atoms with Gasteiger partial charge in [-0.25, -0.2) is 8.42 Å². The van der Waals surface area contributed by atoms with Crippen molar-refractivity contribution in [2.45, 2.75) is 75.9 Å². The molecule has 0 radical (unpaired) electrons. The Hall–Kier alpha value is -1.86. The molecule has 0 bridgehead atoms. The van der Waals surface area contributed by atoms with Crippen LogP contribution in [0.3, 0.4) is 0 Å². The van der Waals surface area contributed by atoms with Gasteiger partial charge in [-0.1, -0.05) is 43.9 Å². The number of rotatable bonds is 5. The molecular formula is C25H35N3O3S. The highest BCUT2D eigenvalue weighted by molar-refractivity contribution is 7.91. The Labute approximate surface area is 191 Å². The van der Waals surface area contributed by atoms with Crippen LogP contribution in [0.2, 0.25) is 0 Å². The number of nitrogens with zero attached hydrogens (tertiary/aromatic N) is 2. The number of carbonyl (C=O) groups excluding carboxylic acids is 1. The Balaban J connectivity index is 1.37. The molecule has 1 amide bonds. The van der Waals surface area contributed by atoms with Gasteiger partial charge in [0.25, 0.3) is 0 Å². The predicted octanol–water partition coefficient (Wildman–Crippen LogP) is 4.04. The molecule has 1 aromatic heterocycles. The molecule has 2 unspecified atom stereocenters. The summed E-state index contributed by atoms with van der Waals surface area (Å²) in [5.41, 5.74) is 2.32. The minimum Gasteiger partial charge on any atom is -0.357 e. The number of aromatic amines is 1. The zero-order valence-corrected chi connectivity index (χ0v) is 19.7. The second kappa shape index (κ2) is 9.18. The summed E-state index contributed by atoms with van der Waals surface area (Å²) in [4.78, 5) is 21.7. The van der Waals surface area contributed by atoms with Crippen LogP contribution in [-0.4, -0.2) is 65.8 Å². The van der Waals surface area contributed by atoms with Gasteiger partial charge in [-0.2, -0.15) is 0 Å². The van der Waals surface area contributed by atoms with Gasteiger partial charge in [0, 0.05) is 23.3 Å². The van der Waals surface area contributed by atoms with E-state index in [1.165, 1.54) is 17.5 Å². The molecule has 1 aromatic carbocycles. The van der Waals surface area contributed by atoms with Gasteiger partial charge >= 0.3 is 0 Å². The van der Waals surface area contributed by atoms with E-state index in [1.807, 2.05) is 11.0 Å². The topological polar surface area (TPSA) is 73.5 Å². The molecule has 2 atom stereocenters. The fourth-order valence-electron chi connectivity index (χ4n) is 6.12. The Morgan fingerprint density at radius 3 is 2.53 bits per heavy atom. The number of fused-ring (bicyclic) bond motifs is 1. The van der Waals surface area contributed by atoms with Gasteiger partial charge in [0.05, 0.1) is 24.1 Å². The minimum absolute atomic E-state index is 0.127. The van der Waals surface area contributed by atoms with Crippen LogP contribution in [0.4, 0.5) is 0 Å². The zero-order chi connectivity index (χ0) is 22.1. The normalized spacial score (nSPS) is 27.0. The van der Waals surface area contributed by atoms with Crippen molar-refractivity contribution in [2.75, 3.05) is 24.6 Å². The summed E-state index contributed by atoms with van der Waals surface area (Å²) in [6.45, 7) is 1.29. The number of nitrogens with one attached hydrogen (secondary N) is 1. The lowest BCUT2D eigenvalue weighted by molar-refractivity contribution is -0.138. The van der Waals surface area contributed by atoms with Gasteiger partial charge in [0.1, 0.15) is 0 Å². The number of hydrogen-bond donors (Lipinski definition) is 1. The first-order valence-electron chi connectivity index (χ1n) is 12.3. The van der Waals surface area contributed by atoms with Crippen molar-refractivity contribution in [1.29, 1.82) is 0 Å². The molecule has 174 valence electrons. The quantitative estimate of drug-likeness (QED) is 0.735. The summed E-state index contributed by atoms with van der Waals surface area (Å²) in [7, 11) is -3.03. The van der Waals surface area contributed by atoms with Crippen LogP contribution < -0.4 is 0 Å². The van der Waals surface area contributed by atoms with E-state index >= 15 is 0 Å². The summed E-state index contributed by atoms with van der Waals surface area (Å²) in [6, 6.07) is 10.8. The van der Waals surface area contributed by atoms with Crippen molar-refractivity contribution >= 4 is 26.6 Å². The average Bonchev–Trinajstić information content (AvgIpc) is 3.38. The van der Waals surface area contributed by atoms with Crippen molar-refractivity contribution in [3.05, 3.63) is 36.0 Å². The molecule has 7 heteroatoms. The van der Waals surface area contributed by atoms with Crippen LogP contribution in [0.15, 0.2) is 30.3 Å². The molecular weight excluding hydrogens is 422 g/mol. The third-order valence-electron chi connectivity index (χ3n) is 7.72.